The normalized spacial score (nSPS) is 12.2. The van der Waals surface area contributed by atoms with Crippen LogP contribution in [0.4, 0.5) is 5.69 Å². The Morgan fingerprint density at radius 1 is 1.24 bits per heavy atom. The second kappa shape index (κ2) is 7.72. The summed E-state index contributed by atoms with van der Waals surface area (Å²) < 4.78 is 13.3. The molecule has 3 aromatic heterocycles. The molecular formula is C23H16ClN3O5S. The van der Waals surface area contributed by atoms with Crippen LogP contribution in [0.25, 0.3) is 33.4 Å². The van der Waals surface area contributed by atoms with Crippen molar-refractivity contribution in [2.45, 2.75) is 13.8 Å². The van der Waals surface area contributed by atoms with E-state index in [2.05, 4.69) is 4.98 Å². The van der Waals surface area contributed by atoms with Crippen LogP contribution < -0.4 is 14.8 Å². The lowest BCUT2D eigenvalue weighted by Gasteiger charge is -2.07. The number of nitro groups is 1. The van der Waals surface area contributed by atoms with Crippen LogP contribution in [0, 0.1) is 24.0 Å². The largest absolute Gasteiger partial charge is 0.496 e. The number of furan rings is 1. The minimum atomic E-state index is -0.578. The van der Waals surface area contributed by atoms with Gasteiger partial charge in [-0.15, -0.1) is 0 Å². The van der Waals surface area contributed by atoms with E-state index in [9.17, 15) is 14.9 Å². The molecule has 2 aromatic carbocycles. The summed E-state index contributed by atoms with van der Waals surface area (Å²) in [5.41, 5.74) is 3.82. The Kier molecular flexibility index (Phi) is 4.95. The number of hydrogen-bond acceptors (Lipinski definition) is 7. The molecule has 5 aromatic rings. The molecule has 166 valence electrons. The standard InChI is InChI=1S/C23H16ClN3O5S/c1-11-4-6-16-21(12(11)2)25-23-26(16)22(28)20(33-23)8-13-5-7-18(32-13)14-9-15(24)17(27(29)30)10-19(14)31-3/h4-10H,1-3H3. The van der Waals surface area contributed by atoms with Gasteiger partial charge in [-0.25, -0.2) is 9.38 Å². The average molecular weight is 482 g/mol. The highest BCUT2D eigenvalue weighted by Gasteiger charge is 2.20. The first-order valence-electron chi connectivity index (χ1n) is 9.83. The minimum Gasteiger partial charge on any atom is -0.496 e. The van der Waals surface area contributed by atoms with Gasteiger partial charge in [-0.1, -0.05) is 29.0 Å². The van der Waals surface area contributed by atoms with Gasteiger partial charge in [0.1, 0.15) is 26.8 Å². The van der Waals surface area contributed by atoms with Crippen molar-refractivity contribution in [3.8, 4) is 17.1 Å². The molecule has 10 heteroatoms. The molecule has 0 spiro atoms. The molecule has 0 N–H and O–H groups in total. The topological polar surface area (TPSA) is 99.9 Å². The fourth-order valence-corrected chi connectivity index (χ4v) is 4.91. The summed E-state index contributed by atoms with van der Waals surface area (Å²) in [7, 11) is 1.41. The molecule has 0 fully saturated rings. The van der Waals surface area contributed by atoms with Crippen LogP contribution in [0.2, 0.25) is 5.02 Å². The van der Waals surface area contributed by atoms with E-state index in [1.165, 1.54) is 30.6 Å². The number of nitro benzene ring substituents is 1. The second-order valence-electron chi connectivity index (χ2n) is 7.48. The van der Waals surface area contributed by atoms with Crippen molar-refractivity contribution in [2.75, 3.05) is 7.11 Å². The molecular weight excluding hydrogens is 466 g/mol. The smallest absolute Gasteiger partial charge is 0.291 e. The van der Waals surface area contributed by atoms with E-state index in [1.807, 2.05) is 26.0 Å². The monoisotopic (exact) mass is 481 g/mol. The summed E-state index contributed by atoms with van der Waals surface area (Å²) in [6.07, 6.45) is 1.65. The van der Waals surface area contributed by atoms with Crippen molar-refractivity contribution in [1.82, 2.24) is 9.38 Å². The minimum absolute atomic E-state index is 0.0311. The Bertz CT molecular complexity index is 1700. The Morgan fingerprint density at radius 3 is 2.76 bits per heavy atom. The van der Waals surface area contributed by atoms with Crippen molar-refractivity contribution in [3.05, 3.63) is 83.3 Å². The Hall–Kier alpha value is -3.69. The van der Waals surface area contributed by atoms with Crippen LogP contribution in [0.1, 0.15) is 16.9 Å². The number of fused-ring (bicyclic) bond motifs is 3. The Labute approximate surface area is 195 Å². The highest BCUT2D eigenvalue weighted by atomic mass is 35.5. The summed E-state index contributed by atoms with van der Waals surface area (Å²) in [6, 6.07) is 9.96. The third-order valence-electron chi connectivity index (χ3n) is 5.57. The lowest BCUT2D eigenvalue weighted by molar-refractivity contribution is -0.384. The van der Waals surface area contributed by atoms with E-state index in [0.29, 0.717) is 26.6 Å². The van der Waals surface area contributed by atoms with Crippen LogP contribution in [-0.2, 0) is 0 Å². The lowest BCUT2D eigenvalue weighted by Crippen LogP contribution is -2.22. The maximum absolute atomic E-state index is 13.1. The molecule has 3 heterocycles. The fourth-order valence-electron chi connectivity index (χ4n) is 3.71. The van der Waals surface area contributed by atoms with Gasteiger partial charge in [0, 0.05) is 6.08 Å². The van der Waals surface area contributed by atoms with Crippen LogP contribution in [0.3, 0.4) is 0 Å². The van der Waals surface area contributed by atoms with Crippen molar-refractivity contribution in [1.29, 1.82) is 0 Å². The van der Waals surface area contributed by atoms with Gasteiger partial charge in [0.2, 0.25) is 0 Å². The van der Waals surface area contributed by atoms with Crippen molar-refractivity contribution < 1.29 is 14.1 Å². The number of nitrogens with zero attached hydrogens (tertiary/aromatic N) is 3. The Balaban J connectivity index is 1.60. The van der Waals surface area contributed by atoms with E-state index in [-0.39, 0.29) is 22.0 Å². The van der Waals surface area contributed by atoms with Crippen molar-refractivity contribution in [2.24, 2.45) is 0 Å². The summed E-state index contributed by atoms with van der Waals surface area (Å²) in [5, 5.41) is 11.1. The maximum Gasteiger partial charge on any atom is 0.291 e. The maximum atomic E-state index is 13.1. The number of hydrogen-bond donors (Lipinski definition) is 0. The van der Waals surface area contributed by atoms with E-state index in [1.54, 1.807) is 22.6 Å². The van der Waals surface area contributed by atoms with Crippen LogP contribution >= 0.6 is 22.9 Å². The van der Waals surface area contributed by atoms with Gasteiger partial charge in [0.25, 0.3) is 11.2 Å². The van der Waals surface area contributed by atoms with E-state index in [4.69, 9.17) is 20.8 Å². The number of rotatable bonds is 4. The summed E-state index contributed by atoms with van der Waals surface area (Å²) >= 11 is 7.35. The van der Waals surface area contributed by atoms with E-state index < -0.39 is 4.92 Å². The molecule has 0 radical (unpaired) electrons. The zero-order chi connectivity index (χ0) is 23.4. The molecule has 0 saturated heterocycles. The van der Waals surface area contributed by atoms with E-state index >= 15 is 0 Å². The second-order valence-corrected chi connectivity index (χ2v) is 8.90. The predicted octanol–water partition coefficient (Wildman–Crippen LogP) is 4.90. The highest BCUT2D eigenvalue weighted by molar-refractivity contribution is 7.15. The quantitative estimate of drug-likeness (QED) is 0.267. The molecule has 0 saturated carbocycles. The molecule has 0 aliphatic heterocycles. The Morgan fingerprint density at radius 2 is 2.03 bits per heavy atom. The number of thiazole rings is 1. The van der Waals surface area contributed by atoms with Gasteiger partial charge in [0.05, 0.1) is 34.7 Å². The first-order chi connectivity index (χ1) is 15.8. The number of imidazole rings is 1. The van der Waals surface area contributed by atoms with E-state index in [0.717, 1.165) is 22.2 Å². The summed E-state index contributed by atoms with van der Waals surface area (Å²) in [6.45, 7) is 4.01. The summed E-state index contributed by atoms with van der Waals surface area (Å²) in [5.74, 6) is 1.10. The molecule has 0 unspecified atom stereocenters. The van der Waals surface area contributed by atoms with Gasteiger partial charge in [-0.2, -0.15) is 0 Å². The molecule has 0 atom stereocenters. The van der Waals surface area contributed by atoms with Crippen molar-refractivity contribution in [3.63, 3.8) is 0 Å². The number of halogens is 1. The predicted molar refractivity (Wildman–Crippen MR) is 127 cm³/mol. The lowest BCUT2D eigenvalue weighted by atomic mass is 10.1. The van der Waals surface area contributed by atoms with Gasteiger partial charge in [-0.05, 0) is 49.2 Å². The van der Waals surface area contributed by atoms with Crippen LogP contribution in [0.5, 0.6) is 5.75 Å². The molecule has 33 heavy (non-hydrogen) atoms. The number of aryl methyl sites for hydroxylation is 2. The molecule has 5 rings (SSSR count). The molecule has 0 amide bonds. The zero-order valence-electron chi connectivity index (χ0n) is 17.7. The first kappa shape index (κ1) is 21.2. The van der Waals surface area contributed by atoms with Gasteiger partial charge in [0.15, 0.2) is 4.96 Å². The van der Waals surface area contributed by atoms with Gasteiger partial charge >= 0.3 is 0 Å². The number of benzene rings is 2. The number of ether oxygens (including phenoxy) is 1. The van der Waals surface area contributed by atoms with Gasteiger partial charge in [-0.3, -0.25) is 14.9 Å². The molecule has 0 aliphatic rings. The van der Waals surface area contributed by atoms with Crippen molar-refractivity contribution >= 4 is 50.7 Å². The molecule has 0 bridgehead atoms. The first-order valence-corrected chi connectivity index (χ1v) is 11.0. The number of aromatic nitrogens is 2. The van der Waals surface area contributed by atoms with Gasteiger partial charge < -0.3 is 9.15 Å². The fraction of sp³-hybridized carbons (Fsp3) is 0.130. The SMILES string of the molecule is COc1cc([N+](=O)[O-])c(Cl)cc1-c1ccc(C=c2sc3nc4c(C)c(C)ccc4n3c2=O)o1. The van der Waals surface area contributed by atoms with Crippen LogP contribution in [0.15, 0.2) is 45.6 Å². The van der Waals surface area contributed by atoms with Crippen LogP contribution in [-0.4, -0.2) is 21.4 Å². The zero-order valence-corrected chi connectivity index (χ0v) is 19.3. The molecule has 0 aliphatic carbocycles. The number of methoxy groups -OCH3 is 1. The summed E-state index contributed by atoms with van der Waals surface area (Å²) in [4.78, 5) is 28.9. The third-order valence-corrected chi connectivity index (χ3v) is 6.84. The highest BCUT2D eigenvalue weighted by Crippen LogP contribution is 2.39. The third kappa shape index (κ3) is 3.37. The average Bonchev–Trinajstić information content (AvgIpc) is 3.47. The molecule has 8 nitrogen and oxygen atoms in total.